The highest BCUT2D eigenvalue weighted by atomic mass is 16.4. The summed E-state index contributed by atoms with van der Waals surface area (Å²) in [4.78, 5) is 0. The summed E-state index contributed by atoms with van der Waals surface area (Å²) in [6.45, 7) is 0.632. The highest BCUT2D eigenvalue weighted by Gasteiger charge is 2.12. The van der Waals surface area contributed by atoms with Gasteiger partial charge in [-0.1, -0.05) is 30.3 Å². The van der Waals surface area contributed by atoms with E-state index in [0.717, 1.165) is 5.56 Å². The molecule has 0 amide bonds. The summed E-state index contributed by atoms with van der Waals surface area (Å²) in [5, 5.41) is 21.8. The smallest absolute Gasteiger partial charge is 0.423 e. The largest absolute Gasteiger partial charge is 0.491 e. The number of benzene rings is 1. The van der Waals surface area contributed by atoms with Crippen LogP contribution in [-0.2, 0) is 6.54 Å². The van der Waals surface area contributed by atoms with Crippen LogP contribution in [0.1, 0.15) is 8.42 Å². The molecule has 15 heavy (non-hydrogen) atoms. The van der Waals surface area contributed by atoms with Crippen LogP contribution in [0.25, 0.3) is 0 Å². The molecule has 80 valence electrons. The van der Waals surface area contributed by atoms with Crippen molar-refractivity contribution in [1.29, 1.82) is 0 Å². The number of hydrogen-bond donors (Lipinski definition) is 2. The van der Waals surface area contributed by atoms with Gasteiger partial charge in [-0.15, -0.1) is 0 Å². The molecular formula is C10H15BN2O2. The van der Waals surface area contributed by atoms with Gasteiger partial charge in [0, 0.05) is 20.7 Å². The van der Waals surface area contributed by atoms with Gasteiger partial charge in [0.1, 0.15) is 0 Å². The third kappa shape index (κ3) is 2.46. The van der Waals surface area contributed by atoms with E-state index in [1.807, 2.05) is 30.3 Å². The Bertz CT molecular complexity index is 437. The monoisotopic (exact) mass is 206 g/mol. The topological polar surface area (TPSA) is 58.3 Å². The average molecular weight is 206 g/mol. The van der Waals surface area contributed by atoms with Crippen LogP contribution in [0.3, 0.4) is 0 Å². The van der Waals surface area contributed by atoms with Gasteiger partial charge in [-0.3, -0.25) is 4.68 Å². The van der Waals surface area contributed by atoms with Gasteiger partial charge < -0.3 is 10.0 Å². The molecule has 0 radical (unpaired) electrons. The molecular weight excluding hydrogens is 191 g/mol. The number of nitrogens with zero attached hydrogens (tertiary/aromatic N) is 2. The van der Waals surface area contributed by atoms with Crippen molar-refractivity contribution in [3.8, 4) is 0 Å². The lowest BCUT2D eigenvalue weighted by molar-refractivity contribution is 0.425. The molecule has 0 bridgehead atoms. The molecule has 0 saturated heterocycles. The van der Waals surface area contributed by atoms with Gasteiger partial charge in [-0.2, -0.15) is 5.10 Å². The maximum Gasteiger partial charge on any atom is 0.491 e. The van der Waals surface area contributed by atoms with Crippen molar-refractivity contribution >= 4 is 12.6 Å². The van der Waals surface area contributed by atoms with Gasteiger partial charge in [-0.25, -0.2) is 0 Å². The molecule has 4 nitrogen and oxygen atoms in total. The first kappa shape index (κ1) is 9.95. The third-order valence-electron chi connectivity index (χ3n) is 2.14. The summed E-state index contributed by atoms with van der Waals surface area (Å²) >= 11 is 0. The average Bonchev–Trinajstić information content (AvgIpc) is 2.68. The minimum Gasteiger partial charge on any atom is -0.423 e. The van der Waals surface area contributed by atoms with Crippen LogP contribution in [0, 0.1) is 0 Å². The summed E-state index contributed by atoms with van der Waals surface area (Å²) < 4.78 is 1.67. The van der Waals surface area contributed by atoms with E-state index in [0.29, 0.717) is 12.0 Å². The molecule has 2 N–H and O–H groups in total. The summed E-state index contributed by atoms with van der Waals surface area (Å²) in [6.07, 6.45) is 3.07. The molecule has 5 heteroatoms. The fourth-order valence-corrected chi connectivity index (χ4v) is 1.37. The van der Waals surface area contributed by atoms with E-state index in [2.05, 4.69) is 5.10 Å². The van der Waals surface area contributed by atoms with Crippen LogP contribution in [0.2, 0.25) is 0 Å². The van der Waals surface area contributed by atoms with Crippen molar-refractivity contribution < 1.29 is 12.9 Å². The Hall–Kier alpha value is -1.59. The zero-order valence-electron chi connectivity index (χ0n) is 8.11. The van der Waals surface area contributed by atoms with Gasteiger partial charge in [0.15, 0.2) is 0 Å². The van der Waals surface area contributed by atoms with Crippen molar-refractivity contribution in [2.75, 3.05) is 0 Å². The predicted octanol–water partition coefficient (Wildman–Crippen LogP) is 0.103. The fraction of sp³-hybridized carbons (Fsp3) is 0.100. The highest BCUT2D eigenvalue weighted by molar-refractivity contribution is 6.58. The van der Waals surface area contributed by atoms with Crippen LogP contribution >= 0.6 is 0 Å². The SMILES string of the molecule is OB(O)c1cnn(Cc2ccccc2)c1.[HH].[HH]. The molecule has 0 aliphatic rings. The van der Waals surface area contributed by atoms with E-state index in [-0.39, 0.29) is 2.85 Å². The molecule has 1 heterocycles. The van der Waals surface area contributed by atoms with E-state index < -0.39 is 7.12 Å². The number of rotatable bonds is 3. The first-order valence-corrected chi connectivity index (χ1v) is 4.68. The molecule has 0 aliphatic heterocycles. The quantitative estimate of drug-likeness (QED) is 0.700. The molecule has 2 rings (SSSR count). The standard InChI is InChI=1S/C10H11BN2O2.2H2/c14-11(15)10-6-12-13(8-10)7-9-4-2-1-3-5-9;;/h1-6,8,14-15H,7H2;2*1H. The number of hydrogen-bond acceptors (Lipinski definition) is 3. The Morgan fingerprint density at radius 3 is 2.60 bits per heavy atom. The summed E-state index contributed by atoms with van der Waals surface area (Å²) in [5.74, 6) is 0. The van der Waals surface area contributed by atoms with Crippen LogP contribution in [-0.4, -0.2) is 26.9 Å². The van der Waals surface area contributed by atoms with Gasteiger partial charge in [0.2, 0.25) is 0 Å². The van der Waals surface area contributed by atoms with Crippen LogP contribution in [0.4, 0.5) is 0 Å². The summed E-state index contributed by atoms with van der Waals surface area (Å²) in [5.41, 5.74) is 1.53. The van der Waals surface area contributed by atoms with E-state index in [4.69, 9.17) is 10.0 Å². The number of aromatic nitrogens is 2. The zero-order chi connectivity index (χ0) is 10.7. The molecule has 0 unspecified atom stereocenters. The van der Waals surface area contributed by atoms with Gasteiger partial charge in [-0.05, 0) is 5.56 Å². The second-order valence-electron chi connectivity index (χ2n) is 3.33. The predicted molar refractivity (Wildman–Crippen MR) is 61.8 cm³/mol. The minimum absolute atomic E-state index is 0. The molecule has 0 spiro atoms. The van der Waals surface area contributed by atoms with E-state index in [9.17, 15) is 0 Å². The van der Waals surface area contributed by atoms with Gasteiger partial charge >= 0.3 is 7.12 Å². The second-order valence-corrected chi connectivity index (χ2v) is 3.33. The Labute approximate surface area is 90.9 Å². The Balaban J connectivity index is 0.00000128. The molecule has 0 fully saturated rings. The molecule has 1 aromatic heterocycles. The summed E-state index contributed by atoms with van der Waals surface area (Å²) in [7, 11) is -1.45. The van der Waals surface area contributed by atoms with Crippen molar-refractivity contribution in [1.82, 2.24) is 9.78 Å². The van der Waals surface area contributed by atoms with Crippen molar-refractivity contribution in [2.45, 2.75) is 6.54 Å². The first-order chi connectivity index (χ1) is 7.25. The minimum atomic E-state index is -1.45. The van der Waals surface area contributed by atoms with E-state index in [1.54, 1.807) is 10.9 Å². The van der Waals surface area contributed by atoms with Crippen molar-refractivity contribution in [3.63, 3.8) is 0 Å². The van der Waals surface area contributed by atoms with Crippen LogP contribution in [0.5, 0.6) is 0 Å². The molecule has 0 aliphatic carbocycles. The summed E-state index contributed by atoms with van der Waals surface area (Å²) in [6, 6.07) is 9.87. The lowest BCUT2D eigenvalue weighted by atomic mass is 9.83. The maximum atomic E-state index is 8.91. The third-order valence-corrected chi connectivity index (χ3v) is 2.14. The Morgan fingerprint density at radius 2 is 2.00 bits per heavy atom. The maximum absolute atomic E-state index is 8.91. The molecule has 0 atom stereocenters. The first-order valence-electron chi connectivity index (χ1n) is 4.68. The molecule has 2 aromatic rings. The van der Waals surface area contributed by atoms with E-state index >= 15 is 0 Å². The van der Waals surface area contributed by atoms with Gasteiger partial charge in [0.25, 0.3) is 0 Å². The van der Waals surface area contributed by atoms with Crippen LogP contribution < -0.4 is 5.46 Å². The second kappa shape index (κ2) is 4.29. The van der Waals surface area contributed by atoms with E-state index in [1.165, 1.54) is 6.20 Å². The lowest BCUT2D eigenvalue weighted by Gasteiger charge is -2.00. The molecule has 1 aromatic carbocycles. The van der Waals surface area contributed by atoms with Gasteiger partial charge in [0.05, 0.1) is 6.54 Å². The lowest BCUT2D eigenvalue weighted by Crippen LogP contribution is -2.28. The Morgan fingerprint density at radius 1 is 1.27 bits per heavy atom. The highest BCUT2D eigenvalue weighted by Crippen LogP contribution is 2.00. The molecule has 0 saturated carbocycles. The Kier molecular flexibility index (Phi) is 2.85. The zero-order valence-corrected chi connectivity index (χ0v) is 8.11. The van der Waals surface area contributed by atoms with Crippen LogP contribution in [0.15, 0.2) is 42.7 Å². The van der Waals surface area contributed by atoms with Crippen molar-refractivity contribution in [3.05, 3.63) is 48.3 Å². The normalized spacial score (nSPS) is 10.3. The van der Waals surface area contributed by atoms with Crippen molar-refractivity contribution in [2.24, 2.45) is 0 Å². The fourth-order valence-electron chi connectivity index (χ4n) is 1.37.